The van der Waals surface area contributed by atoms with E-state index in [2.05, 4.69) is 10.6 Å². The molecular formula is C22H33N3O5. The molecule has 2 fully saturated rings. The fourth-order valence-electron chi connectivity index (χ4n) is 3.72. The van der Waals surface area contributed by atoms with Gasteiger partial charge in [-0.3, -0.25) is 9.59 Å². The summed E-state index contributed by atoms with van der Waals surface area (Å²) in [6.07, 6.45) is 2.29. The molecule has 2 aliphatic rings. The number of amides is 2. The van der Waals surface area contributed by atoms with Gasteiger partial charge in [0.2, 0.25) is 0 Å². The molecule has 0 bridgehead atoms. The van der Waals surface area contributed by atoms with Gasteiger partial charge in [0.1, 0.15) is 11.9 Å². The zero-order valence-corrected chi connectivity index (χ0v) is 18.1. The van der Waals surface area contributed by atoms with Crippen molar-refractivity contribution in [1.82, 2.24) is 15.5 Å². The lowest BCUT2D eigenvalue weighted by Gasteiger charge is -2.34. The Labute approximate surface area is 178 Å². The number of methoxy groups -OCH3 is 1. The maximum Gasteiger partial charge on any atom is 0.254 e. The highest BCUT2D eigenvalue weighted by Crippen LogP contribution is 2.36. The van der Waals surface area contributed by atoms with Crippen molar-refractivity contribution < 1.29 is 23.8 Å². The summed E-state index contributed by atoms with van der Waals surface area (Å²) in [5.41, 5.74) is 1.42. The SMILES string of the molecule is CNC(=O)c1ccc(C(C)N(C(=O)[C@H]2CNCCO2)C2CC2)cc1OCCCOC. The van der Waals surface area contributed by atoms with Gasteiger partial charge in [0.15, 0.2) is 0 Å². The lowest BCUT2D eigenvalue weighted by molar-refractivity contribution is -0.148. The van der Waals surface area contributed by atoms with Crippen LogP contribution in [0.15, 0.2) is 18.2 Å². The zero-order valence-electron chi connectivity index (χ0n) is 18.1. The highest BCUT2D eigenvalue weighted by molar-refractivity contribution is 5.96. The van der Waals surface area contributed by atoms with Gasteiger partial charge in [0.05, 0.1) is 24.8 Å². The van der Waals surface area contributed by atoms with Crippen LogP contribution in [0.25, 0.3) is 0 Å². The van der Waals surface area contributed by atoms with Crippen LogP contribution in [0.2, 0.25) is 0 Å². The monoisotopic (exact) mass is 419 g/mol. The van der Waals surface area contributed by atoms with Crippen LogP contribution in [0.4, 0.5) is 0 Å². The van der Waals surface area contributed by atoms with Crippen molar-refractivity contribution in [2.45, 2.75) is 44.4 Å². The molecule has 1 aromatic carbocycles. The van der Waals surface area contributed by atoms with E-state index in [1.165, 1.54) is 0 Å². The van der Waals surface area contributed by atoms with Gasteiger partial charge in [-0.2, -0.15) is 0 Å². The van der Waals surface area contributed by atoms with Crippen LogP contribution < -0.4 is 15.4 Å². The van der Waals surface area contributed by atoms with E-state index in [-0.39, 0.29) is 23.9 Å². The predicted molar refractivity (Wildman–Crippen MR) is 113 cm³/mol. The normalized spacial score (nSPS) is 19.8. The quantitative estimate of drug-likeness (QED) is 0.559. The Morgan fingerprint density at radius 2 is 2.13 bits per heavy atom. The van der Waals surface area contributed by atoms with Crippen molar-refractivity contribution >= 4 is 11.8 Å². The molecule has 8 nitrogen and oxygen atoms in total. The number of benzene rings is 1. The number of hydrogen-bond acceptors (Lipinski definition) is 6. The first-order valence-electron chi connectivity index (χ1n) is 10.7. The molecule has 1 aromatic rings. The van der Waals surface area contributed by atoms with Gasteiger partial charge in [-0.1, -0.05) is 6.07 Å². The number of nitrogens with one attached hydrogen (secondary N) is 2. The van der Waals surface area contributed by atoms with Gasteiger partial charge in [-0.25, -0.2) is 0 Å². The van der Waals surface area contributed by atoms with Gasteiger partial charge in [-0.15, -0.1) is 0 Å². The summed E-state index contributed by atoms with van der Waals surface area (Å²) in [5.74, 6) is 0.344. The van der Waals surface area contributed by atoms with E-state index in [9.17, 15) is 9.59 Å². The topological polar surface area (TPSA) is 89.1 Å². The van der Waals surface area contributed by atoms with Crippen LogP contribution in [0.3, 0.4) is 0 Å². The van der Waals surface area contributed by atoms with E-state index in [1.807, 2.05) is 24.0 Å². The molecule has 0 spiro atoms. The molecule has 30 heavy (non-hydrogen) atoms. The molecule has 1 saturated heterocycles. The minimum atomic E-state index is -0.447. The molecular weight excluding hydrogens is 386 g/mol. The maximum atomic E-state index is 13.2. The van der Waals surface area contributed by atoms with E-state index in [1.54, 1.807) is 20.2 Å². The summed E-state index contributed by atoms with van der Waals surface area (Å²) in [5, 5.41) is 5.88. The molecule has 2 amide bonds. The number of morpholine rings is 1. The van der Waals surface area contributed by atoms with Gasteiger partial charge >= 0.3 is 0 Å². The number of carbonyl (C=O) groups is 2. The fraction of sp³-hybridized carbons (Fsp3) is 0.636. The third-order valence-corrected chi connectivity index (χ3v) is 5.53. The predicted octanol–water partition coefficient (Wildman–Crippen LogP) is 1.50. The average molecular weight is 420 g/mol. The van der Waals surface area contributed by atoms with Crippen LogP contribution in [0, 0.1) is 0 Å². The minimum absolute atomic E-state index is 0.0233. The highest BCUT2D eigenvalue weighted by atomic mass is 16.5. The van der Waals surface area contributed by atoms with Crippen molar-refractivity contribution in [1.29, 1.82) is 0 Å². The van der Waals surface area contributed by atoms with Crippen molar-refractivity contribution in [3.8, 4) is 5.75 Å². The van der Waals surface area contributed by atoms with E-state index in [0.717, 1.165) is 31.4 Å². The molecule has 166 valence electrons. The van der Waals surface area contributed by atoms with Crippen LogP contribution in [0.5, 0.6) is 5.75 Å². The number of hydrogen-bond donors (Lipinski definition) is 2. The number of rotatable bonds is 10. The fourth-order valence-corrected chi connectivity index (χ4v) is 3.72. The summed E-state index contributed by atoms with van der Waals surface area (Å²) in [6.45, 7) is 4.92. The first-order chi connectivity index (χ1) is 14.6. The smallest absolute Gasteiger partial charge is 0.254 e. The Kier molecular flexibility index (Phi) is 8.07. The van der Waals surface area contributed by atoms with Gasteiger partial charge in [-0.05, 0) is 37.5 Å². The van der Waals surface area contributed by atoms with E-state index >= 15 is 0 Å². The van der Waals surface area contributed by atoms with Crippen molar-refractivity contribution in [3.63, 3.8) is 0 Å². The van der Waals surface area contributed by atoms with Crippen LogP contribution in [0.1, 0.15) is 48.1 Å². The van der Waals surface area contributed by atoms with Gasteiger partial charge in [0, 0.05) is 46.3 Å². The lowest BCUT2D eigenvalue weighted by Crippen LogP contribution is -2.50. The van der Waals surface area contributed by atoms with Crippen LogP contribution >= 0.6 is 0 Å². The van der Waals surface area contributed by atoms with Gasteiger partial charge in [0.25, 0.3) is 11.8 Å². The first-order valence-corrected chi connectivity index (χ1v) is 10.7. The average Bonchev–Trinajstić information content (AvgIpc) is 3.61. The lowest BCUT2D eigenvalue weighted by atomic mass is 10.0. The molecule has 1 saturated carbocycles. The third-order valence-electron chi connectivity index (χ3n) is 5.53. The second kappa shape index (κ2) is 10.7. The largest absolute Gasteiger partial charge is 0.493 e. The highest BCUT2D eigenvalue weighted by Gasteiger charge is 2.40. The second-order valence-corrected chi connectivity index (χ2v) is 7.75. The summed E-state index contributed by atoms with van der Waals surface area (Å²) in [7, 11) is 3.24. The molecule has 1 aliphatic carbocycles. The summed E-state index contributed by atoms with van der Waals surface area (Å²) in [6, 6.07) is 5.65. The summed E-state index contributed by atoms with van der Waals surface area (Å²) < 4.78 is 16.7. The molecule has 1 unspecified atom stereocenters. The standard InChI is InChI=1S/C22H33N3O5/c1-15(25(17-6-7-17)22(27)20-14-24-9-12-30-20)16-5-8-18(21(26)23-2)19(13-16)29-11-4-10-28-3/h5,8,13,15,17,20,24H,4,6-7,9-12,14H2,1-3H3,(H,23,26)/t15?,20-/m1/s1. The molecule has 3 rings (SSSR count). The van der Waals surface area contributed by atoms with Crippen molar-refractivity contribution in [2.24, 2.45) is 0 Å². The minimum Gasteiger partial charge on any atom is -0.493 e. The molecule has 2 atom stereocenters. The third kappa shape index (κ3) is 5.50. The van der Waals surface area contributed by atoms with E-state index < -0.39 is 6.10 Å². The number of carbonyl (C=O) groups excluding carboxylic acids is 2. The van der Waals surface area contributed by atoms with Gasteiger partial charge < -0.3 is 29.7 Å². The summed E-state index contributed by atoms with van der Waals surface area (Å²) >= 11 is 0. The Bertz CT molecular complexity index is 731. The van der Waals surface area contributed by atoms with E-state index in [0.29, 0.717) is 37.7 Å². The number of nitrogens with zero attached hydrogens (tertiary/aromatic N) is 1. The first kappa shape index (κ1) is 22.5. The molecule has 1 heterocycles. The maximum absolute atomic E-state index is 13.2. The molecule has 0 radical (unpaired) electrons. The van der Waals surface area contributed by atoms with Crippen LogP contribution in [-0.2, 0) is 14.3 Å². The number of ether oxygens (including phenoxy) is 3. The molecule has 8 heteroatoms. The second-order valence-electron chi connectivity index (χ2n) is 7.75. The molecule has 1 aliphatic heterocycles. The van der Waals surface area contributed by atoms with E-state index in [4.69, 9.17) is 14.2 Å². The Morgan fingerprint density at radius 3 is 2.77 bits per heavy atom. The Morgan fingerprint density at radius 1 is 1.33 bits per heavy atom. The van der Waals surface area contributed by atoms with Crippen molar-refractivity contribution in [2.75, 3.05) is 47.1 Å². The Hall–Kier alpha value is -2.16. The molecule has 2 N–H and O–H groups in total. The van der Waals surface area contributed by atoms with Crippen molar-refractivity contribution in [3.05, 3.63) is 29.3 Å². The van der Waals surface area contributed by atoms with Crippen LogP contribution in [-0.4, -0.2) is 75.9 Å². The Balaban J connectivity index is 1.80. The zero-order chi connectivity index (χ0) is 21.5. The summed E-state index contributed by atoms with van der Waals surface area (Å²) in [4.78, 5) is 27.4. The molecule has 0 aromatic heterocycles.